The largest absolute Gasteiger partial charge is 0.474 e. The Labute approximate surface area is 166 Å². The molecule has 1 unspecified atom stereocenters. The summed E-state index contributed by atoms with van der Waals surface area (Å²) in [6.07, 6.45) is 2.08. The summed E-state index contributed by atoms with van der Waals surface area (Å²) in [6.45, 7) is 3.44. The van der Waals surface area contributed by atoms with Crippen LogP contribution in [0.15, 0.2) is 30.5 Å². The second-order valence-corrected chi connectivity index (χ2v) is 7.25. The number of halogens is 3. The third-order valence-corrected chi connectivity index (χ3v) is 5.12. The van der Waals surface area contributed by atoms with E-state index in [9.17, 15) is 13.2 Å². The molecule has 1 aromatic carbocycles. The van der Waals surface area contributed by atoms with Crippen molar-refractivity contribution in [2.45, 2.75) is 51.7 Å². The molecule has 0 spiro atoms. The molecule has 2 aromatic heterocycles. The number of hydrogen-bond acceptors (Lipinski definition) is 5. The molecule has 1 fully saturated rings. The van der Waals surface area contributed by atoms with Gasteiger partial charge in [0.05, 0.1) is 23.3 Å². The second-order valence-electron chi connectivity index (χ2n) is 7.25. The average Bonchev–Trinajstić information content (AvgIpc) is 2.64. The quantitative estimate of drug-likeness (QED) is 0.589. The predicted molar refractivity (Wildman–Crippen MR) is 104 cm³/mol. The van der Waals surface area contributed by atoms with E-state index >= 15 is 0 Å². The molecular formula is C21H21F3N4O. The van der Waals surface area contributed by atoms with E-state index < -0.39 is 23.8 Å². The Bertz CT molecular complexity index is 1040. The molecule has 29 heavy (non-hydrogen) atoms. The normalized spacial score (nSPS) is 15.4. The number of nitrogens with one attached hydrogen (secondary N) is 1. The molecule has 8 heteroatoms. The third-order valence-electron chi connectivity index (χ3n) is 5.12. The standard InChI is InChI=1S/C21H21F3N4O/c1-11(14-7-4-8-15(19(14)22)20(23)24)26-21-16-9-18(29-13-5-3-6-13)25-10-17(16)27-12(2)28-21/h4,7-11,13,20H,3,5-6H2,1-2H3,(H,26,27,28). The van der Waals surface area contributed by atoms with Gasteiger partial charge in [0.25, 0.3) is 6.43 Å². The van der Waals surface area contributed by atoms with E-state index in [-0.39, 0.29) is 11.7 Å². The number of ether oxygens (including phenoxy) is 1. The van der Waals surface area contributed by atoms with Crippen molar-refractivity contribution in [2.24, 2.45) is 0 Å². The zero-order valence-electron chi connectivity index (χ0n) is 16.1. The van der Waals surface area contributed by atoms with Gasteiger partial charge in [-0.2, -0.15) is 0 Å². The van der Waals surface area contributed by atoms with E-state index in [1.165, 1.54) is 12.1 Å². The van der Waals surface area contributed by atoms with Crippen LogP contribution in [0.1, 0.15) is 55.6 Å². The van der Waals surface area contributed by atoms with Crippen molar-refractivity contribution in [2.75, 3.05) is 5.32 Å². The van der Waals surface area contributed by atoms with Gasteiger partial charge in [0, 0.05) is 17.0 Å². The number of anilines is 1. The lowest BCUT2D eigenvalue weighted by Gasteiger charge is -2.25. The summed E-state index contributed by atoms with van der Waals surface area (Å²) in [5.41, 5.74) is 0.155. The van der Waals surface area contributed by atoms with E-state index in [1.54, 1.807) is 26.1 Å². The highest BCUT2D eigenvalue weighted by molar-refractivity contribution is 5.89. The highest BCUT2D eigenvalue weighted by Gasteiger charge is 2.22. The van der Waals surface area contributed by atoms with Gasteiger partial charge < -0.3 is 10.1 Å². The van der Waals surface area contributed by atoms with Crippen molar-refractivity contribution in [3.05, 3.63) is 53.2 Å². The first-order chi connectivity index (χ1) is 13.9. The molecule has 2 heterocycles. The highest BCUT2D eigenvalue weighted by Crippen LogP contribution is 2.32. The van der Waals surface area contributed by atoms with Gasteiger partial charge in [-0.3, -0.25) is 0 Å². The number of hydrogen-bond donors (Lipinski definition) is 1. The minimum atomic E-state index is -2.87. The number of aromatic nitrogens is 3. The van der Waals surface area contributed by atoms with Crippen LogP contribution in [0, 0.1) is 12.7 Å². The van der Waals surface area contributed by atoms with Crippen molar-refractivity contribution in [1.29, 1.82) is 0 Å². The Morgan fingerprint density at radius 3 is 2.62 bits per heavy atom. The molecule has 1 aliphatic rings. The molecule has 1 aliphatic carbocycles. The van der Waals surface area contributed by atoms with Crippen LogP contribution in [0.3, 0.4) is 0 Å². The van der Waals surface area contributed by atoms with Crippen LogP contribution in [0.25, 0.3) is 10.9 Å². The number of aryl methyl sites for hydroxylation is 1. The molecule has 0 bridgehead atoms. The summed E-state index contributed by atoms with van der Waals surface area (Å²) < 4.78 is 46.5. The number of nitrogens with zero attached hydrogens (tertiary/aromatic N) is 3. The SMILES string of the molecule is Cc1nc(NC(C)c2cccc(C(F)F)c2F)c2cc(OC3CCC3)ncc2n1. The molecule has 3 aromatic rings. The molecule has 4 rings (SSSR count). The predicted octanol–water partition coefficient (Wildman–Crippen LogP) is 5.51. The first kappa shape index (κ1) is 19.4. The lowest BCUT2D eigenvalue weighted by Crippen LogP contribution is -2.24. The second kappa shape index (κ2) is 7.85. The van der Waals surface area contributed by atoms with Gasteiger partial charge in [-0.1, -0.05) is 18.2 Å². The summed E-state index contributed by atoms with van der Waals surface area (Å²) in [5.74, 6) is 0.565. The minimum absolute atomic E-state index is 0.146. The van der Waals surface area contributed by atoms with Crippen LogP contribution in [0.5, 0.6) is 5.88 Å². The topological polar surface area (TPSA) is 59.9 Å². The Kier molecular flexibility index (Phi) is 5.25. The van der Waals surface area contributed by atoms with Crippen LogP contribution in [-0.2, 0) is 0 Å². The van der Waals surface area contributed by atoms with Crippen LogP contribution in [0.2, 0.25) is 0 Å². The van der Waals surface area contributed by atoms with Crippen molar-refractivity contribution < 1.29 is 17.9 Å². The van der Waals surface area contributed by atoms with Crippen LogP contribution < -0.4 is 10.1 Å². The molecule has 1 atom stereocenters. The first-order valence-electron chi connectivity index (χ1n) is 9.56. The summed E-state index contributed by atoms with van der Waals surface area (Å²) in [7, 11) is 0. The van der Waals surface area contributed by atoms with Crippen molar-refractivity contribution in [3.8, 4) is 5.88 Å². The molecular weight excluding hydrogens is 381 g/mol. The van der Waals surface area contributed by atoms with Crippen molar-refractivity contribution in [1.82, 2.24) is 15.0 Å². The van der Waals surface area contributed by atoms with Gasteiger partial charge >= 0.3 is 0 Å². The highest BCUT2D eigenvalue weighted by atomic mass is 19.3. The Balaban J connectivity index is 1.67. The van der Waals surface area contributed by atoms with Gasteiger partial charge in [-0.15, -0.1) is 0 Å². The van der Waals surface area contributed by atoms with E-state index in [1.807, 2.05) is 0 Å². The molecule has 1 N–H and O–H groups in total. The molecule has 1 saturated carbocycles. The van der Waals surface area contributed by atoms with Crippen molar-refractivity contribution in [3.63, 3.8) is 0 Å². The fourth-order valence-corrected chi connectivity index (χ4v) is 3.32. The van der Waals surface area contributed by atoms with Crippen LogP contribution in [0.4, 0.5) is 19.0 Å². The molecule has 0 amide bonds. The Morgan fingerprint density at radius 2 is 1.93 bits per heavy atom. The number of alkyl halides is 2. The van der Waals surface area contributed by atoms with Gasteiger partial charge in [-0.25, -0.2) is 28.1 Å². The van der Waals surface area contributed by atoms with Gasteiger partial charge in [0.2, 0.25) is 5.88 Å². The van der Waals surface area contributed by atoms with E-state index in [0.29, 0.717) is 28.4 Å². The number of fused-ring (bicyclic) bond motifs is 1. The number of rotatable bonds is 6. The Morgan fingerprint density at radius 1 is 1.17 bits per heavy atom. The number of pyridine rings is 1. The molecule has 0 saturated heterocycles. The lowest BCUT2D eigenvalue weighted by molar-refractivity contribution is 0.115. The summed E-state index contributed by atoms with van der Waals surface area (Å²) in [6, 6.07) is 5.18. The monoisotopic (exact) mass is 402 g/mol. The van der Waals surface area contributed by atoms with Gasteiger partial charge in [-0.05, 0) is 33.1 Å². The first-order valence-corrected chi connectivity index (χ1v) is 9.56. The fourth-order valence-electron chi connectivity index (χ4n) is 3.32. The maximum absolute atomic E-state index is 14.5. The van der Waals surface area contributed by atoms with E-state index in [0.717, 1.165) is 25.3 Å². The maximum atomic E-state index is 14.5. The lowest BCUT2D eigenvalue weighted by atomic mass is 9.96. The minimum Gasteiger partial charge on any atom is -0.474 e. The number of benzene rings is 1. The third kappa shape index (κ3) is 3.97. The molecule has 5 nitrogen and oxygen atoms in total. The van der Waals surface area contributed by atoms with Crippen LogP contribution in [-0.4, -0.2) is 21.1 Å². The molecule has 0 aliphatic heterocycles. The molecule has 0 radical (unpaired) electrons. The van der Waals surface area contributed by atoms with Gasteiger partial charge in [0.15, 0.2) is 0 Å². The summed E-state index contributed by atoms with van der Waals surface area (Å²) in [4.78, 5) is 13.1. The fraction of sp³-hybridized carbons (Fsp3) is 0.381. The molecule has 152 valence electrons. The van der Waals surface area contributed by atoms with Gasteiger partial charge in [0.1, 0.15) is 23.6 Å². The van der Waals surface area contributed by atoms with E-state index in [2.05, 4.69) is 20.3 Å². The van der Waals surface area contributed by atoms with E-state index in [4.69, 9.17) is 4.74 Å². The van der Waals surface area contributed by atoms with Crippen molar-refractivity contribution >= 4 is 16.7 Å². The maximum Gasteiger partial charge on any atom is 0.266 e. The smallest absolute Gasteiger partial charge is 0.266 e. The van der Waals surface area contributed by atoms with Crippen LogP contribution >= 0.6 is 0 Å². The zero-order chi connectivity index (χ0) is 20.5. The zero-order valence-corrected chi connectivity index (χ0v) is 16.1. The average molecular weight is 402 g/mol. The summed E-state index contributed by atoms with van der Waals surface area (Å²) >= 11 is 0. The summed E-state index contributed by atoms with van der Waals surface area (Å²) in [5, 5.41) is 3.82. The Hall–Kier alpha value is -2.90.